The lowest BCUT2D eigenvalue weighted by Gasteiger charge is -2.34. The van der Waals surface area contributed by atoms with Crippen LogP contribution in [-0.2, 0) is 16.1 Å². The highest BCUT2D eigenvalue weighted by molar-refractivity contribution is 5.85. The first-order chi connectivity index (χ1) is 12.0. The third kappa shape index (κ3) is 5.43. The Labute approximate surface area is 157 Å². The van der Waals surface area contributed by atoms with Crippen molar-refractivity contribution < 1.29 is 27.8 Å². The Hall–Kier alpha value is -1.64. The van der Waals surface area contributed by atoms with Crippen LogP contribution >= 0.6 is 12.4 Å². The van der Waals surface area contributed by atoms with E-state index in [2.05, 4.69) is 10.1 Å². The van der Waals surface area contributed by atoms with Gasteiger partial charge in [0.2, 0.25) is 5.91 Å². The Bertz CT molecular complexity index is 584. The van der Waals surface area contributed by atoms with Crippen LogP contribution in [0.15, 0.2) is 18.2 Å². The second kappa shape index (κ2) is 10.5. The van der Waals surface area contributed by atoms with Crippen molar-refractivity contribution in [2.45, 2.75) is 32.9 Å². The zero-order valence-electron chi connectivity index (χ0n) is 14.6. The van der Waals surface area contributed by atoms with Crippen molar-refractivity contribution in [1.82, 2.24) is 5.32 Å². The minimum absolute atomic E-state index is 0. The summed E-state index contributed by atoms with van der Waals surface area (Å²) in [7, 11) is 0. The van der Waals surface area contributed by atoms with Crippen LogP contribution in [0, 0.1) is 5.41 Å². The van der Waals surface area contributed by atoms with E-state index in [4.69, 9.17) is 15.2 Å². The fourth-order valence-corrected chi connectivity index (χ4v) is 2.84. The van der Waals surface area contributed by atoms with Gasteiger partial charge in [-0.1, -0.05) is 12.1 Å². The van der Waals surface area contributed by atoms with Crippen molar-refractivity contribution in [2.24, 2.45) is 11.1 Å². The van der Waals surface area contributed by atoms with Crippen molar-refractivity contribution in [3.05, 3.63) is 23.8 Å². The molecule has 1 saturated heterocycles. The summed E-state index contributed by atoms with van der Waals surface area (Å²) < 4.78 is 40.7. The van der Waals surface area contributed by atoms with E-state index in [-0.39, 0.29) is 42.9 Å². The molecule has 6 nitrogen and oxygen atoms in total. The van der Waals surface area contributed by atoms with Gasteiger partial charge in [-0.2, -0.15) is 8.78 Å². The van der Waals surface area contributed by atoms with Crippen LogP contribution < -0.4 is 20.5 Å². The van der Waals surface area contributed by atoms with Crippen LogP contribution in [-0.4, -0.2) is 38.9 Å². The maximum Gasteiger partial charge on any atom is 0.387 e. The third-order valence-electron chi connectivity index (χ3n) is 4.33. The summed E-state index contributed by atoms with van der Waals surface area (Å²) in [6.07, 6.45) is 1.07. The summed E-state index contributed by atoms with van der Waals surface area (Å²) in [5.41, 5.74) is 5.54. The fourth-order valence-electron chi connectivity index (χ4n) is 2.84. The number of nitrogens with two attached hydrogens (primary N) is 1. The molecule has 0 aromatic heterocycles. The van der Waals surface area contributed by atoms with Gasteiger partial charge in [-0.3, -0.25) is 4.79 Å². The lowest BCUT2D eigenvalue weighted by atomic mass is 9.79. The molecular formula is C17H25ClF2N2O4. The topological polar surface area (TPSA) is 82.8 Å². The summed E-state index contributed by atoms with van der Waals surface area (Å²) in [6.45, 7) is 0.282. The van der Waals surface area contributed by atoms with E-state index < -0.39 is 12.0 Å². The molecule has 2 rings (SSSR count). The van der Waals surface area contributed by atoms with Crippen LogP contribution in [0.3, 0.4) is 0 Å². The van der Waals surface area contributed by atoms with Gasteiger partial charge in [0.25, 0.3) is 0 Å². The van der Waals surface area contributed by atoms with Gasteiger partial charge in [0.1, 0.15) is 0 Å². The Balaban J connectivity index is 0.00000338. The van der Waals surface area contributed by atoms with Gasteiger partial charge in [0.05, 0.1) is 12.0 Å². The molecule has 1 aliphatic rings. The molecule has 1 aromatic carbocycles. The molecule has 1 aromatic rings. The van der Waals surface area contributed by atoms with Crippen LogP contribution in [0.25, 0.3) is 0 Å². The Morgan fingerprint density at radius 3 is 2.65 bits per heavy atom. The SMILES string of the molecule is CCOc1cccc(CNC(=O)C2(CN)CCOCC2)c1OC(F)F.Cl. The number of carbonyl (C=O) groups is 1. The third-order valence-corrected chi connectivity index (χ3v) is 4.33. The molecule has 148 valence electrons. The van der Waals surface area contributed by atoms with E-state index in [1.165, 1.54) is 0 Å². The second-order valence-electron chi connectivity index (χ2n) is 5.84. The molecule has 0 radical (unpaired) electrons. The maximum absolute atomic E-state index is 12.7. The molecule has 1 amide bonds. The molecule has 1 fully saturated rings. The number of alkyl halides is 2. The van der Waals surface area contributed by atoms with E-state index in [1.54, 1.807) is 25.1 Å². The molecule has 26 heavy (non-hydrogen) atoms. The first kappa shape index (κ1) is 22.4. The second-order valence-corrected chi connectivity index (χ2v) is 5.84. The van der Waals surface area contributed by atoms with Crippen molar-refractivity contribution >= 4 is 18.3 Å². The highest BCUT2D eigenvalue weighted by Gasteiger charge is 2.38. The summed E-state index contributed by atoms with van der Waals surface area (Å²) in [6, 6.07) is 4.82. The zero-order valence-corrected chi connectivity index (χ0v) is 15.5. The summed E-state index contributed by atoms with van der Waals surface area (Å²) in [5.74, 6) is -0.0503. The Morgan fingerprint density at radius 2 is 2.08 bits per heavy atom. The molecule has 0 saturated carbocycles. The molecular weight excluding hydrogens is 370 g/mol. The number of hydrogen-bond donors (Lipinski definition) is 2. The number of ether oxygens (including phenoxy) is 3. The molecule has 0 aliphatic carbocycles. The van der Waals surface area contributed by atoms with E-state index in [1.807, 2.05) is 0 Å². The Kier molecular flexibility index (Phi) is 9.04. The van der Waals surface area contributed by atoms with Crippen LogP contribution in [0.5, 0.6) is 11.5 Å². The highest BCUT2D eigenvalue weighted by atomic mass is 35.5. The minimum atomic E-state index is -2.98. The van der Waals surface area contributed by atoms with Crippen LogP contribution in [0.2, 0.25) is 0 Å². The highest BCUT2D eigenvalue weighted by Crippen LogP contribution is 2.34. The predicted molar refractivity (Wildman–Crippen MR) is 94.9 cm³/mol. The number of benzene rings is 1. The van der Waals surface area contributed by atoms with Crippen molar-refractivity contribution in [2.75, 3.05) is 26.4 Å². The number of hydrogen-bond acceptors (Lipinski definition) is 5. The van der Waals surface area contributed by atoms with E-state index >= 15 is 0 Å². The number of para-hydroxylation sites is 1. The van der Waals surface area contributed by atoms with Crippen LogP contribution in [0.1, 0.15) is 25.3 Å². The molecule has 0 spiro atoms. The van der Waals surface area contributed by atoms with Crippen molar-refractivity contribution in [3.63, 3.8) is 0 Å². The first-order valence-electron chi connectivity index (χ1n) is 8.28. The zero-order chi connectivity index (χ0) is 18.3. The number of amides is 1. The summed E-state index contributed by atoms with van der Waals surface area (Å²) in [4.78, 5) is 12.6. The summed E-state index contributed by atoms with van der Waals surface area (Å²) in [5, 5.41) is 2.79. The van der Waals surface area contributed by atoms with Crippen molar-refractivity contribution in [1.29, 1.82) is 0 Å². The van der Waals surface area contributed by atoms with Gasteiger partial charge in [-0.05, 0) is 25.8 Å². The molecule has 3 N–H and O–H groups in total. The largest absolute Gasteiger partial charge is 0.490 e. The fraction of sp³-hybridized carbons (Fsp3) is 0.588. The average Bonchev–Trinajstić information content (AvgIpc) is 2.62. The number of rotatable bonds is 8. The Morgan fingerprint density at radius 1 is 1.38 bits per heavy atom. The summed E-state index contributed by atoms with van der Waals surface area (Å²) >= 11 is 0. The smallest absolute Gasteiger partial charge is 0.387 e. The van der Waals surface area contributed by atoms with Gasteiger partial charge in [0.15, 0.2) is 11.5 Å². The monoisotopic (exact) mass is 394 g/mol. The van der Waals surface area contributed by atoms with Gasteiger partial charge in [-0.15, -0.1) is 12.4 Å². The predicted octanol–water partition coefficient (Wildman–Crippen LogP) is 2.48. The molecule has 0 atom stereocenters. The standard InChI is InChI=1S/C17H24F2N2O4.ClH/c1-2-24-13-5-3-4-12(14(13)25-16(18)19)10-21-15(22)17(11-20)6-8-23-9-7-17;/h3-5,16H,2,6-11,20H2,1H3,(H,21,22);1H. The van der Waals surface area contributed by atoms with E-state index in [9.17, 15) is 13.6 Å². The van der Waals surface area contributed by atoms with E-state index in [0.29, 0.717) is 38.2 Å². The van der Waals surface area contributed by atoms with Gasteiger partial charge < -0.3 is 25.3 Å². The quantitative estimate of drug-likeness (QED) is 0.707. The molecule has 0 unspecified atom stereocenters. The minimum Gasteiger partial charge on any atom is -0.490 e. The number of halogens is 3. The van der Waals surface area contributed by atoms with Crippen molar-refractivity contribution in [3.8, 4) is 11.5 Å². The van der Waals surface area contributed by atoms with Gasteiger partial charge in [-0.25, -0.2) is 0 Å². The van der Waals surface area contributed by atoms with Crippen LogP contribution in [0.4, 0.5) is 8.78 Å². The lowest BCUT2D eigenvalue weighted by Crippen LogP contribution is -2.49. The number of nitrogens with one attached hydrogen (secondary N) is 1. The molecule has 9 heteroatoms. The first-order valence-corrected chi connectivity index (χ1v) is 8.28. The molecule has 1 heterocycles. The number of carbonyl (C=O) groups excluding carboxylic acids is 1. The van der Waals surface area contributed by atoms with Gasteiger partial charge >= 0.3 is 6.61 Å². The molecule has 0 bridgehead atoms. The van der Waals surface area contributed by atoms with E-state index in [0.717, 1.165) is 0 Å². The normalized spacial score (nSPS) is 15.9. The average molecular weight is 395 g/mol. The molecule has 1 aliphatic heterocycles. The maximum atomic E-state index is 12.7. The lowest BCUT2D eigenvalue weighted by molar-refractivity contribution is -0.136. The van der Waals surface area contributed by atoms with Gasteiger partial charge in [0, 0.05) is 31.9 Å².